The Labute approximate surface area is 136 Å². The van der Waals surface area contributed by atoms with Crippen molar-refractivity contribution in [3.05, 3.63) is 47.5 Å². The van der Waals surface area contributed by atoms with Crippen molar-refractivity contribution in [3.8, 4) is 5.88 Å². The quantitative estimate of drug-likeness (QED) is 0.736. The summed E-state index contributed by atoms with van der Waals surface area (Å²) < 4.78 is 10.3. The van der Waals surface area contributed by atoms with Gasteiger partial charge in [-0.3, -0.25) is 0 Å². The molecule has 0 spiro atoms. The Morgan fingerprint density at radius 1 is 1.18 bits per heavy atom. The van der Waals surface area contributed by atoms with Gasteiger partial charge in [-0.25, -0.2) is 4.79 Å². The number of nitrogens with one attached hydrogen (secondary N) is 2. The zero-order chi connectivity index (χ0) is 15.5. The number of hydrogen-bond acceptors (Lipinski definition) is 4. The normalized spacial score (nSPS) is 10.5. The van der Waals surface area contributed by atoms with Crippen LogP contribution in [0.2, 0.25) is 5.02 Å². The Balaban J connectivity index is 1.79. The number of rotatable bonds is 3. The Kier molecular flexibility index (Phi) is 4.13. The minimum Gasteiger partial charge on any atom is -0.480 e. The fourth-order valence-corrected chi connectivity index (χ4v) is 2.95. The fraction of sp³-hybridized carbons (Fsp3) is 0.0667. The molecule has 0 atom stereocenters. The van der Waals surface area contributed by atoms with Crippen LogP contribution in [0.4, 0.5) is 16.2 Å². The van der Waals surface area contributed by atoms with Crippen LogP contribution >= 0.6 is 23.1 Å². The van der Waals surface area contributed by atoms with E-state index in [0.717, 1.165) is 10.1 Å². The molecule has 0 saturated carbocycles. The molecule has 0 aliphatic heterocycles. The monoisotopic (exact) mass is 333 g/mol. The van der Waals surface area contributed by atoms with Gasteiger partial charge in [-0.1, -0.05) is 17.7 Å². The van der Waals surface area contributed by atoms with E-state index in [-0.39, 0.29) is 6.03 Å². The lowest BCUT2D eigenvalue weighted by atomic mass is 10.2. The molecule has 3 aromatic rings. The first-order valence-corrected chi connectivity index (χ1v) is 7.58. The molecule has 0 saturated heterocycles. The van der Waals surface area contributed by atoms with E-state index in [2.05, 4.69) is 15.0 Å². The number of fused-ring (bicyclic) bond motifs is 1. The second-order valence-corrected chi connectivity index (χ2v) is 5.67. The van der Waals surface area contributed by atoms with Crippen LogP contribution in [0, 0.1) is 0 Å². The summed E-state index contributed by atoms with van der Waals surface area (Å²) in [7, 11) is 1.57. The van der Waals surface area contributed by atoms with Gasteiger partial charge in [0.15, 0.2) is 0 Å². The first-order chi connectivity index (χ1) is 10.7. The van der Waals surface area contributed by atoms with E-state index in [1.54, 1.807) is 31.4 Å². The maximum atomic E-state index is 12.1. The number of carbonyl (C=O) groups excluding carboxylic acids is 1. The van der Waals surface area contributed by atoms with Gasteiger partial charge >= 0.3 is 6.03 Å². The first kappa shape index (κ1) is 14.6. The summed E-state index contributed by atoms with van der Waals surface area (Å²) in [5, 5.41) is 7.05. The Morgan fingerprint density at radius 3 is 2.68 bits per heavy atom. The topological polar surface area (TPSA) is 63.2 Å². The molecule has 0 unspecified atom stereocenters. The number of hydrogen-bond donors (Lipinski definition) is 2. The largest absolute Gasteiger partial charge is 0.480 e. The highest BCUT2D eigenvalue weighted by molar-refractivity contribution is 7.14. The van der Waals surface area contributed by atoms with Gasteiger partial charge in [0, 0.05) is 10.7 Å². The van der Waals surface area contributed by atoms with Crippen molar-refractivity contribution in [2.24, 2.45) is 0 Å². The summed E-state index contributed by atoms with van der Waals surface area (Å²) in [4.78, 5) is 12.1. The van der Waals surface area contributed by atoms with Crippen LogP contribution in [0.15, 0.2) is 42.5 Å². The van der Waals surface area contributed by atoms with Crippen molar-refractivity contribution in [1.82, 2.24) is 4.37 Å². The lowest BCUT2D eigenvalue weighted by molar-refractivity contribution is 0.262. The zero-order valence-corrected chi connectivity index (χ0v) is 13.2. The van der Waals surface area contributed by atoms with Gasteiger partial charge in [0.1, 0.15) is 0 Å². The zero-order valence-electron chi connectivity index (χ0n) is 11.6. The number of benzene rings is 2. The van der Waals surface area contributed by atoms with Gasteiger partial charge in [-0.15, -0.1) is 0 Å². The highest BCUT2D eigenvalue weighted by Gasteiger charge is 2.12. The Hall–Kier alpha value is -2.31. The molecule has 2 aromatic carbocycles. The van der Waals surface area contributed by atoms with E-state index in [1.165, 1.54) is 11.5 Å². The van der Waals surface area contributed by atoms with E-state index >= 15 is 0 Å². The molecule has 0 aliphatic carbocycles. The molecular formula is C15H12ClN3O2S. The predicted molar refractivity (Wildman–Crippen MR) is 90.3 cm³/mol. The van der Waals surface area contributed by atoms with Gasteiger partial charge in [0.25, 0.3) is 0 Å². The maximum absolute atomic E-state index is 12.1. The molecule has 0 radical (unpaired) electrons. The minimum absolute atomic E-state index is 0.331. The molecule has 2 N–H and O–H groups in total. The van der Waals surface area contributed by atoms with E-state index in [1.807, 2.05) is 18.2 Å². The number of halogens is 1. The van der Waals surface area contributed by atoms with Crippen LogP contribution in [0.25, 0.3) is 10.1 Å². The third-order valence-electron chi connectivity index (χ3n) is 3.01. The fourth-order valence-electron chi connectivity index (χ4n) is 2.00. The van der Waals surface area contributed by atoms with Gasteiger partial charge in [0.2, 0.25) is 5.88 Å². The Morgan fingerprint density at radius 2 is 1.95 bits per heavy atom. The van der Waals surface area contributed by atoms with E-state index in [9.17, 15) is 4.79 Å². The van der Waals surface area contributed by atoms with Crippen molar-refractivity contribution in [3.63, 3.8) is 0 Å². The molecule has 1 heterocycles. The van der Waals surface area contributed by atoms with Crippen molar-refractivity contribution < 1.29 is 9.53 Å². The number of amides is 2. The molecule has 7 heteroatoms. The van der Waals surface area contributed by atoms with Crippen molar-refractivity contribution >= 4 is 50.6 Å². The third-order valence-corrected chi connectivity index (χ3v) is 4.14. The molecule has 2 amide bonds. The molecule has 0 fully saturated rings. The Bertz CT molecular complexity index is 817. The lowest BCUT2D eigenvalue weighted by Gasteiger charge is -2.08. The first-order valence-electron chi connectivity index (χ1n) is 6.43. The SMILES string of the molecule is COc1nsc2c(NC(=O)Nc3ccc(Cl)cc3)cccc12. The van der Waals surface area contributed by atoms with Crippen molar-refractivity contribution in [2.45, 2.75) is 0 Å². The highest BCUT2D eigenvalue weighted by atomic mass is 35.5. The second kappa shape index (κ2) is 6.21. The smallest absolute Gasteiger partial charge is 0.323 e. The number of aromatic nitrogens is 1. The predicted octanol–water partition coefficient (Wildman–Crippen LogP) is 4.60. The molecule has 0 aliphatic rings. The summed E-state index contributed by atoms with van der Waals surface area (Å²) in [6.07, 6.45) is 0. The molecule has 3 rings (SSSR count). The van der Waals surface area contributed by atoms with Gasteiger partial charge in [-0.05, 0) is 47.9 Å². The van der Waals surface area contributed by atoms with Crippen molar-refractivity contribution in [2.75, 3.05) is 17.7 Å². The van der Waals surface area contributed by atoms with Gasteiger partial charge in [0.05, 0.1) is 22.9 Å². The van der Waals surface area contributed by atoms with Crippen LogP contribution in [-0.4, -0.2) is 17.5 Å². The number of carbonyl (C=O) groups is 1. The molecule has 22 heavy (non-hydrogen) atoms. The van der Waals surface area contributed by atoms with Gasteiger partial charge in [-0.2, -0.15) is 4.37 Å². The van der Waals surface area contributed by atoms with Crippen LogP contribution < -0.4 is 15.4 Å². The van der Waals surface area contributed by atoms with E-state index in [0.29, 0.717) is 22.3 Å². The summed E-state index contributed by atoms with van der Waals surface area (Å²) in [5.41, 5.74) is 1.35. The molecule has 5 nitrogen and oxygen atoms in total. The summed E-state index contributed by atoms with van der Waals surface area (Å²) in [6, 6.07) is 12.1. The molecule has 1 aromatic heterocycles. The maximum Gasteiger partial charge on any atom is 0.323 e. The van der Waals surface area contributed by atoms with E-state index in [4.69, 9.17) is 16.3 Å². The average molecular weight is 334 g/mol. The summed E-state index contributed by atoms with van der Waals surface area (Å²) in [6.45, 7) is 0. The van der Waals surface area contributed by atoms with Crippen LogP contribution in [0.3, 0.4) is 0 Å². The second-order valence-electron chi connectivity index (χ2n) is 4.46. The minimum atomic E-state index is -0.331. The number of ether oxygens (including phenoxy) is 1. The molecular weight excluding hydrogens is 322 g/mol. The lowest BCUT2D eigenvalue weighted by Crippen LogP contribution is -2.19. The van der Waals surface area contributed by atoms with Crippen LogP contribution in [0.5, 0.6) is 5.88 Å². The highest BCUT2D eigenvalue weighted by Crippen LogP contribution is 2.33. The summed E-state index contributed by atoms with van der Waals surface area (Å²) in [5.74, 6) is 0.557. The number of methoxy groups -OCH3 is 1. The molecule has 0 bridgehead atoms. The number of nitrogens with zero attached hydrogens (tertiary/aromatic N) is 1. The number of anilines is 2. The van der Waals surface area contributed by atoms with Crippen LogP contribution in [0.1, 0.15) is 0 Å². The van der Waals surface area contributed by atoms with Crippen molar-refractivity contribution in [1.29, 1.82) is 0 Å². The summed E-state index contributed by atoms with van der Waals surface area (Å²) >= 11 is 7.09. The number of urea groups is 1. The average Bonchev–Trinajstić information content (AvgIpc) is 2.94. The third kappa shape index (κ3) is 2.98. The van der Waals surface area contributed by atoms with Crippen LogP contribution in [-0.2, 0) is 0 Å². The van der Waals surface area contributed by atoms with Gasteiger partial charge < -0.3 is 15.4 Å². The molecule has 112 valence electrons. The standard InChI is InChI=1S/C15H12ClN3O2S/c1-21-14-11-3-2-4-12(13(11)22-19-14)18-15(20)17-10-7-5-9(16)6-8-10/h2-8H,1H3,(H2,17,18,20). The van der Waals surface area contributed by atoms with E-state index < -0.39 is 0 Å².